The standard InChI is InChI=1S/C23H27F3N2O6S/c24-23(25,26)20(29)12-14-35(27,32)13-11-19(21(30)33-15-17-7-3-1-4-8-17)28-22(31)34-16-18-9-5-2-6-10-18/h1-10,19-20,27,29H,11-16H2,(H,28,31)/t19-,20+,35-/m0/s1. The Balaban J connectivity index is 1.98. The van der Waals surface area contributed by atoms with Crippen LogP contribution in [0.3, 0.4) is 0 Å². The Kier molecular flexibility index (Phi) is 10.5. The molecule has 0 unspecified atom stereocenters. The number of alkyl carbamates (subject to hydrolysis) is 1. The van der Waals surface area contributed by atoms with Crippen LogP contribution in [0.1, 0.15) is 24.0 Å². The number of hydrogen-bond donors (Lipinski definition) is 3. The molecule has 1 amide bonds. The zero-order valence-electron chi connectivity index (χ0n) is 18.7. The number of halogens is 3. The predicted octanol–water partition coefficient (Wildman–Crippen LogP) is 3.77. The molecule has 3 atom stereocenters. The number of carbonyl (C=O) groups is 2. The summed E-state index contributed by atoms with van der Waals surface area (Å²) < 4.78 is 68.0. The molecule has 0 aliphatic rings. The van der Waals surface area contributed by atoms with E-state index >= 15 is 0 Å². The number of amides is 1. The molecule has 192 valence electrons. The number of carbonyl (C=O) groups excluding carboxylic acids is 2. The van der Waals surface area contributed by atoms with Crippen molar-refractivity contribution in [1.82, 2.24) is 5.32 Å². The molecule has 2 rings (SSSR count). The van der Waals surface area contributed by atoms with E-state index in [1.165, 1.54) is 0 Å². The maximum atomic E-state index is 12.6. The van der Waals surface area contributed by atoms with Crippen molar-refractivity contribution in [2.24, 2.45) is 0 Å². The van der Waals surface area contributed by atoms with Crippen LogP contribution in [0.15, 0.2) is 60.7 Å². The van der Waals surface area contributed by atoms with Gasteiger partial charge in [0.2, 0.25) is 0 Å². The maximum absolute atomic E-state index is 12.6. The minimum atomic E-state index is -4.89. The SMILES string of the molecule is N=[S@](=O)(CC[C@H](NC(=O)OCc1ccccc1)C(=O)OCc1ccccc1)CC[C@@H](O)C(F)(F)F. The van der Waals surface area contributed by atoms with Crippen molar-refractivity contribution in [3.63, 3.8) is 0 Å². The van der Waals surface area contributed by atoms with Gasteiger partial charge in [-0.1, -0.05) is 60.7 Å². The van der Waals surface area contributed by atoms with E-state index < -0.39 is 58.0 Å². The van der Waals surface area contributed by atoms with Gasteiger partial charge in [0.1, 0.15) is 19.3 Å². The minimum absolute atomic E-state index is 0.0804. The van der Waals surface area contributed by atoms with Crippen molar-refractivity contribution in [3.05, 3.63) is 71.8 Å². The van der Waals surface area contributed by atoms with E-state index in [-0.39, 0.29) is 19.6 Å². The molecule has 0 heterocycles. The zero-order valence-corrected chi connectivity index (χ0v) is 19.5. The van der Waals surface area contributed by atoms with E-state index in [4.69, 9.17) is 19.4 Å². The fourth-order valence-corrected chi connectivity index (χ4v) is 4.29. The number of nitrogens with one attached hydrogen (secondary N) is 2. The number of rotatable bonds is 12. The van der Waals surface area contributed by atoms with Gasteiger partial charge in [0.05, 0.1) is 0 Å². The van der Waals surface area contributed by atoms with E-state index in [2.05, 4.69) is 5.32 Å². The summed E-state index contributed by atoms with van der Waals surface area (Å²) in [5.41, 5.74) is 1.37. The molecule has 0 bridgehead atoms. The normalized spacial score (nSPS) is 14.9. The lowest BCUT2D eigenvalue weighted by molar-refractivity contribution is -0.203. The van der Waals surface area contributed by atoms with Gasteiger partial charge < -0.3 is 19.9 Å². The highest BCUT2D eigenvalue weighted by Crippen LogP contribution is 2.23. The number of esters is 1. The van der Waals surface area contributed by atoms with Crippen LogP contribution in [0.4, 0.5) is 18.0 Å². The molecule has 0 spiro atoms. The maximum Gasteiger partial charge on any atom is 0.414 e. The Bertz CT molecular complexity index is 1050. The van der Waals surface area contributed by atoms with Crippen LogP contribution in [0.25, 0.3) is 0 Å². The van der Waals surface area contributed by atoms with Crippen LogP contribution in [0, 0.1) is 4.78 Å². The van der Waals surface area contributed by atoms with Crippen LogP contribution >= 0.6 is 0 Å². The fraction of sp³-hybridized carbons (Fsp3) is 0.391. The molecule has 2 aromatic rings. The van der Waals surface area contributed by atoms with Crippen LogP contribution in [0.2, 0.25) is 0 Å². The lowest BCUT2D eigenvalue weighted by Gasteiger charge is -2.19. The highest BCUT2D eigenvalue weighted by atomic mass is 32.2. The number of alkyl halides is 3. The highest BCUT2D eigenvalue weighted by Gasteiger charge is 2.38. The molecule has 2 aromatic carbocycles. The molecule has 35 heavy (non-hydrogen) atoms. The van der Waals surface area contributed by atoms with Crippen LogP contribution < -0.4 is 5.32 Å². The molecular weight excluding hydrogens is 489 g/mol. The lowest BCUT2D eigenvalue weighted by Crippen LogP contribution is -2.43. The van der Waals surface area contributed by atoms with Gasteiger partial charge in [0.25, 0.3) is 0 Å². The van der Waals surface area contributed by atoms with Crippen molar-refractivity contribution >= 4 is 21.8 Å². The largest absolute Gasteiger partial charge is 0.459 e. The molecule has 0 aromatic heterocycles. The Hall–Kier alpha value is -3.12. The second-order valence-electron chi connectivity index (χ2n) is 7.71. The molecule has 0 aliphatic carbocycles. The van der Waals surface area contributed by atoms with Crippen LogP contribution in [-0.4, -0.2) is 51.2 Å². The Morgan fingerprint density at radius 2 is 1.40 bits per heavy atom. The van der Waals surface area contributed by atoms with Crippen molar-refractivity contribution in [1.29, 1.82) is 4.78 Å². The molecule has 3 N–H and O–H groups in total. The van der Waals surface area contributed by atoms with E-state index in [1.54, 1.807) is 60.7 Å². The number of hydrogen-bond acceptors (Lipinski definition) is 7. The summed E-state index contributed by atoms with van der Waals surface area (Å²) in [5, 5.41) is 11.4. The van der Waals surface area contributed by atoms with E-state index in [9.17, 15) is 27.0 Å². The van der Waals surface area contributed by atoms with E-state index in [0.29, 0.717) is 11.1 Å². The average Bonchev–Trinajstić information content (AvgIpc) is 2.83. The topological polar surface area (TPSA) is 126 Å². The number of aliphatic hydroxyl groups is 1. The monoisotopic (exact) mass is 516 g/mol. The zero-order chi connectivity index (χ0) is 25.9. The second kappa shape index (κ2) is 13.1. The third kappa shape index (κ3) is 10.8. The summed E-state index contributed by atoms with van der Waals surface area (Å²) in [7, 11) is -3.58. The van der Waals surface area contributed by atoms with Gasteiger partial charge in [-0.3, -0.25) is 4.78 Å². The average molecular weight is 517 g/mol. The van der Waals surface area contributed by atoms with Crippen molar-refractivity contribution in [3.8, 4) is 0 Å². The Morgan fingerprint density at radius 1 is 0.914 bits per heavy atom. The third-order valence-electron chi connectivity index (χ3n) is 4.85. The molecule has 0 fully saturated rings. The minimum Gasteiger partial charge on any atom is -0.459 e. The molecule has 8 nitrogen and oxygen atoms in total. The molecule has 12 heteroatoms. The first kappa shape index (κ1) is 28.1. The highest BCUT2D eigenvalue weighted by molar-refractivity contribution is 7.92. The van der Waals surface area contributed by atoms with Crippen molar-refractivity contribution in [2.45, 2.75) is 44.4 Å². The number of benzene rings is 2. The second-order valence-corrected chi connectivity index (χ2v) is 10.1. The van der Waals surface area contributed by atoms with Gasteiger partial charge in [-0.2, -0.15) is 13.2 Å². The Morgan fingerprint density at radius 3 is 1.91 bits per heavy atom. The predicted molar refractivity (Wildman–Crippen MR) is 122 cm³/mol. The Labute approximate surface area is 201 Å². The van der Waals surface area contributed by atoms with Gasteiger partial charge in [-0.25, -0.2) is 13.8 Å². The number of ether oxygens (including phenoxy) is 2. The van der Waals surface area contributed by atoms with E-state index in [1.807, 2.05) is 0 Å². The van der Waals surface area contributed by atoms with Gasteiger partial charge in [0.15, 0.2) is 6.10 Å². The summed E-state index contributed by atoms with van der Waals surface area (Å²) in [4.78, 5) is 24.8. The summed E-state index contributed by atoms with van der Waals surface area (Å²) in [6.07, 6.45) is -9.80. The van der Waals surface area contributed by atoms with Gasteiger partial charge in [0, 0.05) is 21.2 Å². The molecule has 0 saturated heterocycles. The quantitative estimate of drug-likeness (QED) is 0.369. The third-order valence-corrected chi connectivity index (χ3v) is 6.64. The summed E-state index contributed by atoms with van der Waals surface area (Å²) in [6.45, 7) is -0.187. The fourth-order valence-electron chi connectivity index (χ4n) is 2.86. The first-order chi connectivity index (χ1) is 16.5. The first-order valence-electron chi connectivity index (χ1n) is 10.6. The van der Waals surface area contributed by atoms with Gasteiger partial charge in [-0.15, -0.1) is 0 Å². The first-order valence-corrected chi connectivity index (χ1v) is 12.5. The molecular formula is C23H27F3N2O6S. The summed E-state index contributed by atoms with van der Waals surface area (Å²) >= 11 is 0. The number of aliphatic hydroxyl groups excluding tert-OH is 1. The van der Waals surface area contributed by atoms with Crippen LogP contribution in [-0.2, 0) is 37.2 Å². The van der Waals surface area contributed by atoms with Crippen molar-refractivity contribution < 1.29 is 41.5 Å². The van der Waals surface area contributed by atoms with Gasteiger partial charge in [-0.05, 0) is 24.0 Å². The molecule has 0 saturated carbocycles. The molecule has 0 radical (unpaired) electrons. The summed E-state index contributed by atoms with van der Waals surface area (Å²) in [5.74, 6) is -2.10. The lowest BCUT2D eigenvalue weighted by atomic mass is 10.2. The smallest absolute Gasteiger partial charge is 0.414 e. The van der Waals surface area contributed by atoms with E-state index in [0.717, 1.165) is 0 Å². The van der Waals surface area contributed by atoms with Crippen LogP contribution in [0.5, 0.6) is 0 Å². The molecule has 0 aliphatic heterocycles. The van der Waals surface area contributed by atoms with Crippen molar-refractivity contribution in [2.75, 3.05) is 11.5 Å². The van der Waals surface area contributed by atoms with Gasteiger partial charge >= 0.3 is 18.2 Å². The summed E-state index contributed by atoms with van der Waals surface area (Å²) in [6, 6.07) is 16.1.